The molecule has 0 saturated heterocycles. The number of rotatable bonds is 14. The minimum atomic E-state index is -3.47. The van der Waals surface area contributed by atoms with Gasteiger partial charge in [0, 0.05) is 29.2 Å². The predicted molar refractivity (Wildman–Crippen MR) is 213 cm³/mol. The number of nitrogens with zero attached hydrogens (tertiary/aromatic N) is 3. The molecular weight excluding hydrogens is 774 g/mol. The number of nitrogens with one attached hydrogen (secondary N) is 2. The Balaban J connectivity index is 1.44. The number of halogens is 1. The average Bonchev–Trinajstić information content (AvgIpc) is 3.97. The Kier molecular flexibility index (Phi) is 13.1. The number of aromatic nitrogens is 1. The number of pyridine rings is 1. The van der Waals surface area contributed by atoms with Crippen LogP contribution in [0.5, 0.6) is 0 Å². The Hall–Kier alpha value is -5.65. The van der Waals surface area contributed by atoms with Crippen molar-refractivity contribution in [2.45, 2.75) is 94.9 Å². The number of ether oxygens (including phenoxy) is 3. The van der Waals surface area contributed by atoms with Crippen molar-refractivity contribution < 1.29 is 51.3 Å². The van der Waals surface area contributed by atoms with Gasteiger partial charge in [0.05, 0.1) is 28.6 Å². The quantitative estimate of drug-likeness (QED) is 0.111. The fraction of sp³-hybridized carbons (Fsp3) is 0.390. The molecule has 1 heterocycles. The van der Waals surface area contributed by atoms with Gasteiger partial charge in [0.25, 0.3) is 0 Å². The van der Waals surface area contributed by atoms with Crippen LogP contribution in [0.3, 0.4) is 0 Å². The van der Waals surface area contributed by atoms with Crippen molar-refractivity contribution in [3.63, 3.8) is 0 Å². The third-order valence-corrected chi connectivity index (χ3v) is 10.9. The van der Waals surface area contributed by atoms with Crippen molar-refractivity contribution in [1.82, 2.24) is 15.3 Å². The van der Waals surface area contributed by atoms with Crippen molar-refractivity contribution >= 4 is 56.0 Å². The van der Waals surface area contributed by atoms with Crippen molar-refractivity contribution in [2.24, 2.45) is 0 Å². The van der Waals surface area contributed by atoms with Crippen LogP contribution in [-0.2, 0) is 46.8 Å². The van der Waals surface area contributed by atoms with E-state index in [4.69, 9.17) is 14.2 Å². The highest BCUT2D eigenvalue weighted by Gasteiger charge is 2.43. The number of sulfone groups is 1. The van der Waals surface area contributed by atoms with Crippen LogP contribution in [0.15, 0.2) is 78.0 Å². The molecule has 310 valence electrons. The highest BCUT2D eigenvalue weighted by atomic mass is 32.2. The zero-order valence-corrected chi connectivity index (χ0v) is 34.2. The van der Waals surface area contributed by atoms with Crippen LogP contribution in [-0.4, -0.2) is 77.7 Å². The van der Waals surface area contributed by atoms with Gasteiger partial charge >= 0.3 is 18.2 Å². The first kappa shape index (κ1) is 43.5. The molecule has 1 atom stereocenters. The van der Waals surface area contributed by atoms with Crippen molar-refractivity contribution in [3.05, 3.63) is 95.6 Å². The summed E-state index contributed by atoms with van der Waals surface area (Å²) in [6.07, 6.45) is 1.11. The molecule has 0 aliphatic heterocycles. The fourth-order valence-electron chi connectivity index (χ4n) is 6.02. The monoisotopic (exact) mass is 821 g/mol. The normalized spacial score (nSPS) is 13.7. The van der Waals surface area contributed by atoms with Gasteiger partial charge in [0.2, 0.25) is 5.91 Å². The van der Waals surface area contributed by atoms with E-state index in [9.17, 15) is 32.7 Å². The number of carboxylic acids is 1. The molecule has 1 aromatic heterocycles. The topological polar surface area (TPSA) is 194 Å². The minimum Gasteiger partial charge on any atom is -0.479 e. The lowest BCUT2D eigenvalue weighted by molar-refractivity contribution is -0.139. The van der Waals surface area contributed by atoms with E-state index >= 15 is 4.39 Å². The summed E-state index contributed by atoms with van der Waals surface area (Å²) in [5, 5.41) is 17.9. The largest absolute Gasteiger partial charge is 0.479 e. The highest BCUT2D eigenvalue weighted by molar-refractivity contribution is 7.92. The van der Waals surface area contributed by atoms with Gasteiger partial charge in [-0.25, -0.2) is 27.2 Å². The fourth-order valence-corrected chi connectivity index (χ4v) is 7.89. The van der Waals surface area contributed by atoms with E-state index in [1.54, 1.807) is 66.8 Å². The van der Waals surface area contributed by atoms with Gasteiger partial charge in [-0.05, 0) is 108 Å². The zero-order valence-electron chi connectivity index (χ0n) is 33.4. The summed E-state index contributed by atoms with van der Waals surface area (Å²) < 4.78 is 57.8. The van der Waals surface area contributed by atoms with Gasteiger partial charge < -0.3 is 30.0 Å². The molecule has 1 fully saturated rings. The van der Waals surface area contributed by atoms with Gasteiger partial charge in [-0.2, -0.15) is 0 Å². The second-order valence-electron chi connectivity index (χ2n) is 15.8. The molecule has 0 spiro atoms. The summed E-state index contributed by atoms with van der Waals surface area (Å²) in [4.78, 5) is 58.2. The van der Waals surface area contributed by atoms with Crippen molar-refractivity contribution in [2.75, 3.05) is 24.0 Å². The highest BCUT2D eigenvalue weighted by Crippen LogP contribution is 2.37. The van der Waals surface area contributed by atoms with Gasteiger partial charge in [0.1, 0.15) is 23.6 Å². The van der Waals surface area contributed by atoms with Crippen LogP contribution < -0.4 is 15.6 Å². The van der Waals surface area contributed by atoms with E-state index in [2.05, 4.69) is 15.6 Å². The van der Waals surface area contributed by atoms with E-state index < -0.39 is 63.6 Å². The number of carboxylic acid groups (broad SMARTS) is 1. The van der Waals surface area contributed by atoms with Gasteiger partial charge in [-0.15, -0.1) is 5.01 Å². The molecule has 0 radical (unpaired) electrons. The molecule has 4 aromatic rings. The van der Waals surface area contributed by atoms with E-state index in [1.165, 1.54) is 48.7 Å². The van der Waals surface area contributed by atoms with Crippen LogP contribution in [0.1, 0.15) is 77.1 Å². The number of hydrogen-bond donors (Lipinski definition) is 3. The maximum absolute atomic E-state index is 15.1. The Labute approximate surface area is 336 Å². The summed E-state index contributed by atoms with van der Waals surface area (Å²) in [6, 6.07) is 13.1. The Bertz CT molecular complexity index is 2280. The molecule has 17 heteroatoms. The number of anilines is 2. The molecule has 15 nitrogen and oxygen atoms in total. The molecule has 1 unspecified atom stereocenters. The zero-order chi connectivity index (χ0) is 42.6. The van der Waals surface area contributed by atoms with E-state index in [0.29, 0.717) is 40.1 Å². The number of imide groups is 1. The number of carbonyl (C=O) groups is 4. The molecule has 3 aromatic carbocycles. The second kappa shape index (κ2) is 17.5. The standard InChI is InChI=1S/C41H48FN5O10S/c1-40(2,3)56-38(51)47(39(52)57-41(4,5)6)46(30-13-11-27-21-44-22-33(42)32(27)19-30)36(37(49)50)26-10-8-9-25(17-26)23-55-24-35(48)45-29-12-16-34(28(18-29)20-43-7)58(53,54)31-14-15-31/h8-13,16-19,21-22,31,36,43H,14-15,20,23-24H2,1-7H3,(H,45,48)(H,49,50). The van der Waals surface area contributed by atoms with Crippen LogP contribution in [0.4, 0.5) is 25.4 Å². The lowest BCUT2D eigenvalue weighted by atomic mass is 10.0. The third-order valence-electron chi connectivity index (χ3n) is 8.54. The number of aliphatic carboxylic acids is 1. The Morgan fingerprint density at radius 3 is 2.21 bits per heavy atom. The van der Waals surface area contributed by atoms with Crippen LogP contribution in [0, 0.1) is 5.82 Å². The van der Waals surface area contributed by atoms with Crippen LogP contribution in [0.25, 0.3) is 10.8 Å². The Morgan fingerprint density at radius 1 is 0.931 bits per heavy atom. The summed E-state index contributed by atoms with van der Waals surface area (Å²) in [5.41, 5.74) is -0.943. The van der Waals surface area contributed by atoms with Crippen molar-refractivity contribution in [3.8, 4) is 0 Å². The smallest absolute Gasteiger partial charge is 0.439 e. The molecule has 58 heavy (non-hydrogen) atoms. The van der Waals surface area contributed by atoms with Gasteiger partial charge in [-0.3, -0.25) is 14.8 Å². The molecule has 1 aliphatic carbocycles. The van der Waals surface area contributed by atoms with Crippen molar-refractivity contribution in [1.29, 1.82) is 0 Å². The molecule has 5 rings (SSSR count). The number of amides is 3. The van der Waals surface area contributed by atoms with Gasteiger partial charge in [0.15, 0.2) is 15.9 Å². The second-order valence-corrected chi connectivity index (χ2v) is 18.0. The summed E-state index contributed by atoms with van der Waals surface area (Å²) in [5.74, 6) is -2.76. The molecule has 1 saturated carbocycles. The maximum atomic E-state index is 15.1. The number of fused-ring (bicyclic) bond motifs is 1. The predicted octanol–water partition coefficient (Wildman–Crippen LogP) is 6.90. The number of hydrogen-bond acceptors (Lipinski definition) is 12. The van der Waals surface area contributed by atoms with E-state index in [1.807, 2.05) is 0 Å². The first-order valence-corrected chi connectivity index (χ1v) is 20.0. The van der Waals surface area contributed by atoms with Crippen LogP contribution >= 0.6 is 0 Å². The van der Waals surface area contributed by atoms with Crippen LogP contribution in [0.2, 0.25) is 0 Å². The minimum absolute atomic E-state index is 0.0351. The van der Waals surface area contributed by atoms with E-state index in [-0.39, 0.29) is 39.9 Å². The first-order valence-electron chi connectivity index (χ1n) is 18.5. The number of hydrazine groups is 1. The summed E-state index contributed by atoms with van der Waals surface area (Å²) >= 11 is 0. The maximum Gasteiger partial charge on any atom is 0.439 e. The molecule has 1 aliphatic rings. The van der Waals surface area contributed by atoms with Gasteiger partial charge in [-0.1, -0.05) is 30.3 Å². The summed E-state index contributed by atoms with van der Waals surface area (Å²) in [7, 11) is -1.77. The SMILES string of the molecule is CNCc1cc(NC(=O)COCc2cccc(C(C(=O)O)N(c3ccc4cncc(F)c4c3)N(C(=O)OC(C)(C)C)C(=O)OC(C)(C)C)c2)ccc1S(=O)(=O)C1CC1. The Morgan fingerprint density at radius 2 is 1.60 bits per heavy atom. The lowest BCUT2D eigenvalue weighted by Gasteiger charge is -2.39. The lowest BCUT2D eigenvalue weighted by Crippen LogP contribution is -2.56. The third kappa shape index (κ3) is 10.8. The first-order chi connectivity index (χ1) is 27.2. The number of benzene rings is 3. The molecule has 3 N–H and O–H groups in total. The summed E-state index contributed by atoms with van der Waals surface area (Å²) in [6.45, 7) is 9.11. The molecular formula is C41H48FN5O10S. The van der Waals surface area contributed by atoms with E-state index in [0.717, 1.165) is 11.2 Å². The molecule has 0 bridgehead atoms. The number of carbonyl (C=O) groups excluding carboxylic acids is 3. The average molecular weight is 822 g/mol. The molecule has 3 amide bonds.